The average molecular weight is 790 g/mol. The maximum absolute atomic E-state index is 14.7. The van der Waals surface area contributed by atoms with E-state index in [9.17, 15) is 38.4 Å². The highest BCUT2D eigenvalue weighted by Gasteiger charge is 2.46. The highest BCUT2D eigenvalue weighted by atomic mass is 16.5. The smallest absolute Gasteiger partial charge is 0.290 e. The van der Waals surface area contributed by atoms with Gasteiger partial charge >= 0.3 is 0 Å². The Morgan fingerprint density at radius 2 is 1.47 bits per heavy atom. The Morgan fingerprint density at radius 1 is 0.842 bits per heavy atom. The molecule has 2 fully saturated rings. The van der Waals surface area contributed by atoms with E-state index in [1.807, 2.05) is 20.8 Å². The number of carbonyl (C=O) groups is 8. The molecule has 57 heavy (non-hydrogen) atoms. The van der Waals surface area contributed by atoms with E-state index in [0.29, 0.717) is 24.8 Å². The lowest BCUT2D eigenvalue weighted by atomic mass is 9.83. The van der Waals surface area contributed by atoms with Crippen LogP contribution in [0.2, 0.25) is 0 Å². The molecule has 0 aromatic heterocycles. The highest BCUT2D eigenvalue weighted by Crippen LogP contribution is 2.31. The molecule has 2 aliphatic rings. The van der Waals surface area contributed by atoms with E-state index < -0.39 is 89.6 Å². The SMILES string of the molecule is CCCC(NC(=O)C1CC(OC(C)(C)C)CN1C(=O)C(NC(=O)c1ccccc1C(N)=O)C1CCCCC1)C(=O)C(=O)NCC(=O)NC(C(N)=O)c1ccccc1. The van der Waals surface area contributed by atoms with E-state index >= 15 is 0 Å². The van der Waals surface area contributed by atoms with Gasteiger partial charge in [0.2, 0.25) is 35.3 Å². The van der Waals surface area contributed by atoms with Crippen molar-refractivity contribution < 1.29 is 43.1 Å². The Balaban J connectivity index is 1.52. The van der Waals surface area contributed by atoms with Crippen molar-refractivity contribution in [2.24, 2.45) is 17.4 Å². The zero-order chi connectivity index (χ0) is 41.9. The summed E-state index contributed by atoms with van der Waals surface area (Å²) in [7, 11) is 0. The standard InChI is InChI=1S/C41H55N7O9/c1-5-14-29(34(50)39(55)44-22-31(49)46-32(36(43)52)24-15-8-6-9-16-24)45-38(54)30-21-26(57-41(2,3)4)23-48(30)40(56)33(25-17-10-7-11-18-25)47-37(53)28-20-13-12-19-27(28)35(42)51/h6,8-9,12-13,15-16,19-20,25-26,29-30,32-33H,5,7,10-11,14,17-18,21-23H2,1-4H3,(H2,42,51)(H2,43,52)(H,44,55)(H,45,54)(H,46,49)(H,47,53). The summed E-state index contributed by atoms with van der Waals surface area (Å²) in [6.07, 6.45) is 3.91. The van der Waals surface area contributed by atoms with Crippen LogP contribution in [0, 0.1) is 5.92 Å². The number of likely N-dealkylation sites (tertiary alicyclic amines) is 1. The van der Waals surface area contributed by atoms with Gasteiger partial charge in [0.25, 0.3) is 11.8 Å². The number of hydrogen-bond acceptors (Lipinski definition) is 9. The Labute approximate surface area is 332 Å². The molecule has 0 spiro atoms. The van der Waals surface area contributed by atoms with Crippen molar-refractivity contribution in [2.45, 2.75) is 115 Å². The molecule has 5 unspecified atom stereocenters. The lowest BCUT2D eigenvalue weighted by Crippen LogP contribution is -2.58. The first-order chi connectivity index (χ1) is 27.0. The molecule has 1 aliphatic heterocycles. The van der Waals surface area contributed by atoms with Gasteiger partial charge in [-0.2, -0.15) is 0 Å². The summed E-state index contributed by atoms with van der Waals surface area (Å²) in [5.41, 5.74) is 10.8. The van der Waals surface area contributed by atoms with Gasteiger partial charge in [-0.1, -0.05) is 75.1 Å². The summed E-state index contributed by atoms with van der Waals surface area (Å²) in [6, 6.07) is 9.66. The van der Waals surface area contributed by atoms with Crippen molar-refractivity contribution in [3.63, 3.8) is 0 Å². The second kappa shape index (κ2) is 20.0. The number of ketones is 1. The molecule has 1 aliphatic carbocycles. The van der Waals surface area contributed by atoms with Gasteiger partial charge in [0.1, 0.15) is 18.1 Å². The van der Waals surface area contributed by atoms with E-state index in [1.165, 1.54) is 17.0 Å². The number of hydrogen-bond donors (Lipinski definition) is 6. The van der Waals surface area contributed by atoms with Crippen molar-refractivity contribution in [1.82, 2.24) is 26.2 Å². The maximum atomic E-state index is 14.7. The molecule has 1 heterocycles. The van der Waals surface area contributed by atoms with Crippen LogP contribution in [0.4, 0.5) is 0 Å². The van der Waals surface area contributed by atoms with E-state index in [-0.39, 0.29) is 36.4 Å². The number of rotatable bonds is 17. The first-order valence-corrected chi connectivity index (χ1v) is 19.4. The fourth-order valence-corrected chi connectivity index (χ4v) is 7.42. The van der Waals surface area contributed by atoms with Gasteiger partial charge in [-0.15, -0.1) is 0 Å². The molecule has 2 aromatic rings. The molecule has 1 saturated carbocycles. The number of Topliss-reactive ketones (excluding diaryl/α,β-unsaturated/α-hetero) is 1. The molecule has 1 saturated heterocycles. The third kappa shape index (κ3) is 12.2. The Morgan fingerprint density at radius 3 is 2.07 bits per heavy atom. The van der Waals surface area contributed by atoms with Crippen LogP contribution < -0.4 is 32.7 Å². The monoisotopic (exact) mass is 789 g/mol. The molecule has 0 radical (unpaired) electrons. The van der Waals surface area contributed by atoms with Crippen molar-refractivity contribution >= 4 is 47.1 Å². The molecule has 8 N–H and O–H groups in total. The van der Waals surface area contributed by atoms with Gasteiger partial charge in [-0.3, -0.25) is 38.4 Å². The number of carbonyl (C=O) groups excluding carboxylic acids is 8. The normalized spacial score (nSPS) is 18.7. The average Bonchev–Trinajstić information content (AvgIpc) is 3.60. The summed E-state index contributed by atoms with van der Waals surface area (Å²) in [4.78, 5) is 107. The fraction of sp³-hybridized carbons (Fsp3) is 0.512. The van der Waals surface area contributed by atoms with Crippen LogP contribution >= 0.6 is 0 Å². The predicted molar refractivity (Wildman–Crippen MR) is 209 cm³/mol. The van der Waals surface area contributed by atoms with Gasteiger partial charge in [0.15, 0.2) is 0 Å². The first-order valence-electron chi connectivity index (χ1n) is 19.4. The van der Waals surface area contributed by atoms with Crippen molar-refractivity contribution in [1.29, 1.82) is 0 Å². The molecule has 4 rings (SSSR count). The molecule has 16 heteroatoms. The summed E-state index contributed by atoms with van der Waals surface area (Å²) in [5, 5.41) is 10.2. The quantitative estimate of drug-likeness (QED) is 0.127. The van der Waals surface area contributed by atoms with Crippen molar-refractivity contribution in [3.05, 3.63) is 71.3 Å². The maximum Gasteiger partial charge on any atom is 0.290 e. The summed E-state index contributed by atoms with van der Waals surface area (Å²) in [5.74, 6) is -6.67. The van der Waals surface area contributed by atoms with Crippen LogP contribution in [0.25, 0.3) is 0 Å². The van der Waals surface area contributed by atoms with Crippen LogP contribution in [-0.4, -0.2) is 95.0 Å². The minimum absolute atomic E-state index is 0.000232. The largest absolute Gasteiger partial charge is 0.371 e. The van der Waals surface area contributed by atoms with Gasteiger partial charge < -0.3 is 42.4 Å². The zero-order valence-electron chi connectivity index (χ0n) is 33.0. The van der Waals surface area contributed by atoms with Crippen LogP contribution in [0.3, 0.4) is 0 Å². The van der Waals surface area contributed by atoms with Gasteiger partial charge in [-0.05, 0) is 63.6 Å². The second-order valence-corrected chi connectivity index (χ2v) is 15.6. The van der Waals surface area contributed by atoms with Crippen LogP contribution in [0.5, 0.6) is 0 Å². The predicted octanol–water partition coefficient (Wildman–Crippen LogP) is 1.56. The molecular formula is C41H55N7O9. The molecule has 5 atom stereocenters. The van der Waals surface area contributed by atoms with E-state index in [0.717, 1.165) is 19.3 Å². The van der Waals surface area contributed by atoms with E-state index in [1.54, 1.807) is 49.4 Å². The van der Waals surface area contributed by atoms with Crippen LogP contribution in [0.15, 0.2) is 54.6 Å². The minimum atomic E-state index is -1.30. The first kappa shape index (κ1) is 44.1. The number of nitrogens with one attached hydrogen (secondary N) is 4. The van der Waals surface area contributed by atoms with Crippen LogP contribution in [0.1, 0.15) is 111 Å². The molecule has 308 valence electrons. The summed E-state index contributed by atoms with van der Waals surface area (Å²) < 4.78 is 6.23. The number of nitrogens with zero attached hydrogens (tertiary/aromatic N) is 1. The summed E-state index contributed by atoms with van der Waals surface area (Å²) >= 11 is 0. The number of benzene rings is 2. The number of primary amides is 2. The van der Waals surface area contributed by atoms with Gasteiger partial charge in [0, 0.05) is 13.0 Å². The lowest BCUT2D eigenvalue weighted by molar-refractivity contribution is -0.143. The second-order valence-electron chi connectivity index (χ2n) is 15.6. The Kier molecular flexibility index (Phi) is 15.5. The molecule has 0 bridgehead atoms. The third-order valence-electron chi connectivity index (χ3n) is 10.0. The van der Waals surface area contributed by atoms with Crippen molar-refractivity contribution in [2.75, 3.05) is 13.1 Å². The molecule has 16 nitrogen and oxygen atoms in total. The number of nitrogens with two attached hydrogens (primary N) is 2. The fourth-order valence-electron chi connectivity index (χ4n) is 7.42. The Bertz CT molecular complexity index is 1810. The zero-order valence-corrected chi connectivity index (χ0v) is 33.0. The van der Waals surface area contributed by atoms with Crippen LogP contribution in [-0.2, 0) is 33.5 Å². The van der Waals surface area contributed by atoms with Crippen molar-refractivity contribution in [3.8, 4) is 0 Å². The summed E-state index contributed by atoms with van der Waals surface area (Å²) in [6.45, 7) is 6.66. The topological polar surface area (TPSA) is 249 Å². The Hall–Kier alpha value is -5.64. The minimum Gasteiger partial charge on any atom is -0.371 e. The molecule has 2 aromatic carbocycles. The lowest BCUT2D eigenvalue weighted by Gasteiger charge is -2.35. The van der Waals surface area contributed by atoms with E-state index in [4.69, 9.17) is 16.2 Å². The van der Waals surface area contributed by atoms with Gasteiger partial charge in [-0.25, -0.2) is 0 Å². The molecular weight excluding hydrogens is 734 g/mol. The van der Waals surface area contributed by atoms with E-state index in [2.05, 4.69) is 21.3 Å². The highest BCUT2D eigenvalue weighted by molar-refractivity contribution is 6.38. The van der Waals surface area contributed by atoms with Gasteiger partial charge in [0.05, 0.1) is 35.4 Å². The third-order valence-corrected chi connectivity index (χ3v) is 10.0. The number of amides is 7. The molecule has 7 amide bonds. The number of ether oxygens (including phenoxy) is 1.